The van der Waals surface area contributed by atoms with E-state index in [1.165, 1.54) is 0 Å². The van der Waals surface area contributed by atoms with Gasteiger partial charge in [0.25, 0.3) is 0 Å². The molecular formula is C14H18N2O3. The van der Waals surface area contributed by atoms with Crippen LogP contribution in [0, 0.1) is 6.92 Å². The van der Waals surface area contributed by atoms with Crippen molar-refractivity contribution in [3.05, 3.63) is 29.3 Å². The minimum absolute atomic E-state index is 0.0698. The van der Waals surface area contributed by atoms with Crippen LogP contribution in [0.15, 0.2) is 18.2 Å². The number of ether oxygens (including phenoxy) is 1. The molecule has 1 fully saturated rings. The lowest BCUT2D eigenvalue weighted by molar-refractivity contribution is -0.121. The highest BCUT2D eigenvalue weighted by molar-refractivity contribution is 5.92. The van der Waals surface area contributed by atoms with Crippen molar-refractivity contribution >= 4 is 17.6 Å². The molecule has 0 aliphatic heterocycles. The van der Waals surface area contributed by atoms with Gasteiger partial charge in [-0.3, -0.25) is 4.79 Å². The number of esters is 1. The number of benzene rings is 1. The monoisotopic (exact) mass is 262 g/mol. The van der Waals surface area contributed by atoms with Gasteiger partial charge in [-0.1, -0.05) is 6.07 Å². The number of nitrogen functional groups attached to an aromatic ring is 1. The lowest BCUT2D eigenvalue weighted by Crippen LogP contribution is -2.26. The maximum Gasteiger partial charge on any atom is 0.338 e. The first kappa shape index (κ1) is 13.4. The predicted octanol–water partition coefficient (Wildman–Crippen LogP) is 1.40. The molecule has 0 saturated heterocycles. The quantitative estimate of drug-likeness (QED) is 0.621. The third-order valence-corrected chi connectivity index (χ3v) is 3.10. The number of anilines is 1. The van der Waals surface area contributed by atoms with E-state index in [2.05, 4.69) is 5.32 Å². The fraction of sp³-hybridized carbons (Fsp3) is 0.429. The van der Waals surface area contributed by atoms with E-state index in [0.717, 1.165) is 12.8 Å². The van der Waals surface area contributed by atoms with Gasteiger partial charge >= 0.3 is 5.97 Å². The summed E-state index contributed by atoms with van der Waals surface area (Å²) in [4.78, 5) is 23.2. The van der Waals surface area contributed by atoms with Crippen LogP contribution in [0.5, 0.6) is 0 Å². The first-order valence-electron chi connectivity index (χ1n) is 6.39. The van der Waals surface area contributed by atoms with Crippen molar-refractivity contribution in [1.82, 2.24) is 5.32 Å². The Bertz CT molecular complexity index is 495. The van der Waals surface area contributed by atoms with E-state index < -0.39 is 5.97 Å². The minimum Gasteiger partial charge on any atom is -0.462 e. The molecule has 1 saturated carbocycles. The maximum atomic E-state index is 11.8. The lowest BCUT2D eigenvalue weighted by atomic mass is 10.1. The number of carbonyl (C=O) groups excluding carboxylic acids is 2. The van der Waals surface area contributed by atoms with E-state index in [1.807, 2.05) is 0 Å². The normalized spacial score (nSPS) is 13.9. The van der Waals surface area contributed by atoms with Gasteiger partial charge in [0.1, 0.15) is 6.61 Å². The standard InChI is InChI=1S/C14H18N2O3/c1-9-11(3-2-4-12(9)15)14(18)19-8-7-13(17)16-10-5-6-10/h2-4,10H,5-8,15H2,1H3,(H,16,17). The minimum atomic E-state index is -0.441. The molecule has 3 N–H and O–H groups in total. The molecule has 1 aliphatic carbocycles. The summed E-state index contributed by atoms with van der Waals surface area (Å²) in [5, 5.41) is 2.84. The second-order valence-electron chi connectivity index (χ2n) is 4.75. The highest BCUT2D eigenvalue weighted by atomic mass is 16.5. The SMILES string of the molecule is Cc1c(N)cccc1C(=O)OCCC(=O)NC1CC1. The molecule has 0 spiro atoms. The zero-order valence-corrected chi connectivity index (χ0v) is 10.9. The fourth-order valence-electron chi connectivity index (χ4n) is 1.72. The van der Waals surface area contributed by atoms with Crippen molar-refractivity contribution in [2.75, 3.05) is 12.3 Å². The van der Waals surface area contributed by atoms with Crippen LogP contribution < -0.4 is 11.1 Å². The van der Waals surface area contributed by atoms with Gasteiger partial charge in [0.05, 0.1) is 12.0 Å². The van der Waals surface area contributed by atoms with Crippen molar-refractivity contribution in [3.8, 4) is 0 Å². The van der Waals surface area contributed by atoms with Crippen LogP contribution in [0.4, 0.5) is 5.69 Å². The van der Waals surface area contributed by atoms with Crippen molar-refractivity contribution in [2.24, 2.45) is 0 Å². The Labute approximate surface area is 112 Å². The predicted molar refractivity (Wildman–Crippen MR) is 71.7 cm³/mol. The molecule has 0 heterocycles. The summed E-state index contributed by atoms with van der Waals surface area (Å²) in [5.74, 6) is -0.511. The smallest absolute Gasteiger partial charge is 0.338 e. The van der Waals surface area contributed by atoms with Gasteiger partial charge in [0.2, 0.25) is 5.91 Å². The van der Waals surface area contributed by atoms with Gasteiger partial charge in [-0.05, 0) is 37.5 Å². The van der Waals surface area contributed by atoms with Gasteiger partial charge < -0.3 is 15.8 Å². The van der Waals surface area contributed by atoms with Crippen molar-refractivity contribution in [3.63, 3.8) is 0 Å². The summed E-state index contributed by atoms with van der Waals surface area (Å²) in [6, 6.07) is 5.44. The molecule has 1 aliphatic rings. The lowest BCUT2D eigenvalue weighted by Gasteiger charge is -2.08. The van der Waals surface area contributed by atoms with Crippen LogP contribution in [0.3, 0.4) is 0 Å². The van der Waals surface area contributed by atoms with Gasteiger partial charge in [-0.25, -0.2) is 4.79 Å². The topological polar surface area (TPSA) is 81.4 Å². The zero-order valence-electron chi connectivity index (χ0n) is 10.9. The maximum absolute atomic E-state index is 11.8. The molecule has 0 atom stereocenters. The third-order valence-electron chi connectivity index (χ3n) is 3.10. The largest absolute Gasteiger partial charge is 0.462 e. The Kier molecular flexibility index (Phi) is 4.04. The molecule has 0 unspecified atom stereocenters. The molecule has 0 radical (unpaired) electrons. The van der Waals surface area contributed by atoms with Gasteiger partial charge in [-0.15, -0.1) is 0 Å². The van der Waals surface area contributed by atoms with Crippen LogP contribution in [0.25, 0.3) is 0 Å². The number of amides is 1. The van der Waals surface area contributed by atoms with E-state index in [1.54, 1.807) is 25.1 Å². The van der Waals surface area contributed by atoms with Crippen molar-refractivity contribution in [2.45, 2.75) is 32.2 Å². The summed E-state index contributed by atoms with van der Waals surface area (Å²) < 4.78 is 5.08. The van der Waals surface area contributed by atoms with Gasteiger partial charge in [-0.2, -0.15) is 0 Å². The number of hydrogen-bond acceptors (Lipinski definition) is 4. The Hall–Kier alpha value is -2.04. The highest BCUT2D eigenvalue weighted by Gasteiger charge is 2.23. The molecule has 5 nitrogen and oxygen atoms in total. The first-order valence-corrected chi connectivity index (χ1v) is 6.39. The number of rotatable bonds is 5. The van der Waals surface area contributed by atoms with Crippen LogP contribution in [-0.2, 0) is 9.53 Å². The van der Waals surface area contributed by atoms with E-state index >= 15 is 0 Å². The van der Waals surface area contributed by atoms with Crippen LogP contribution in [0.2, 0.25) is 0 Å². The Balaban J connectivity index is 1.80. The van der Waals surface area contributed by atoms with Crippen LogP contribution in [0.1, 0.15) is 35.2 Å². The molecule has 5 heteroatoms. The second kappa shape index (κ2) is 5.73. The summed E-state index contributed by atoms with van der Waals surface area (Å²) in [6.07, 6.45) is 2.30. The molecule has 2 rings (SSSR count). The van der Waals surface area contributed by atoms with Crippen molar-refractivity contribution in [1.29, 1.82) is 0 Å². The number of carbonyl (C=O) groups is 2. The summed E-state index contributed by atoms with van der Waals surface area (Å²) in [5.41, 5.74) is 7.43. The van der Waals surface area contributed by atoms with E-state index in [9.17, 15) is 9.59 Å². The molecule has 19 heavy (non-hydrogen) atoms. The zero-order chi connectivity index (χ0) is 13.8. The Morgan fingerprint density at radius 1 is 1.42 bits per heavy atom. The van der Waals surface area contributed by atoms with Crippen LogP contribution in [-0.4, -0.2) is 24.5 Å². The Morgan fingerprint density at radius 2 is 2.16 bits per heavy atom. The third kappa shape index (κ3) is 3.71. The fourth-order valence-corrected chi connectivity index (χ4v) is 1.72. The van der Waals surface area contributed by atoms with Crippen molar-refractivity contribution < 1.29 is 14.3 Å². The van der Waals surface area contributed by atoms with E-state index in [0.29, 0.717) is 22.9 Å². The van der Waals surface area contributed by atoms with E-state index in [4.69, 9.17) is 10.5 Å². The van der Waals surface area contributed by atoms with Gasteiger partial charge in [0.15, 0.2) is 0 Å². The van der Waals surface area contributed by atoms with E-state index in [-0.39, 0.29) is 18.9 Å². The number of nitrogens with two attached hydrogens (primary N) is 1. The molecule has 1 amide bonds. The summed E-state index contributed by atoms with van der Waals surface area (Å²) >= 11 is 0. The number of hydrogen-bond donors (Lipinski definition) is 2. The molecule has 0 aromatic heterocycles. The molecule has 1 aromatic carbocycles. The van der Waals surface area contributed by atoms with Crippen LogP contribution >= 0.6 is 0 Å². The average Bonchev–Trinajstić information content (AvgIpc) is 3.16. The molecule has 1 aromatic rings. The second-order valence-corrected chi connectivity index (χ2v) is 4.75. The average molecular weight is 262 g/mol. The molecular weight excluding hydrogens is 244 g/mol. The first-order chi connectivity index (χ1) is 9.08. The molecule has 0 bridgehead atoms. The summed E-state index contributed by atoms with van der Waals surface area (Å²) in [7, 11) is 0. The molecule has 102 valence electrons. The summed E-state index contributed by atoms with van der Waals surface area (Å²) in [6.45, 7) is 1.86. The number of nitrogens with one attached hydrogen (secondary N) is 1. The Morgan fingerprint density at radius 3 is 2.84 bits per heavy atom. The highest BCUT2D eigenvalue weighted by Crippen LogP contribution is 2.19. The van der Waals surface area contributed by atoms with Gasteiger partial charge in [0, 0.05) is 11.7 Å².